The first-order chi connectivity index (χ1) is 23.4. The van der Waals surface area contributed by atoms with Crippen LogP contribution in [-0.2, 0) is 27.8 Å². The predicted molar refractivity (Wildman–Crippen MR) is 183 cm³/mol. The van der Waals surface area contributed by atoms with Crippen LogP contribution in [0.5, 0.6) is 0 Å². The molecule has 0 unspecified atom stereocenters. The van der Waals surface area contributed by atoms with E-state index in [2.05, 4.69) is 16.7 Å². The van der Waals surface area contributed by atoms with Gasteiger partial charge in [-0.2, -0.15) is 30.3 Å². The van der Waals surface area contributed by atoms with Crippen molar-refractivity contribution in [2.45, 2.75) is 20.4 Å². The van der Waals surface area contributed by atoms with E-state index in [9.17, 15) is 14.4 Å². The molecule has 0 atom stereocenters. The maximum Gasteiger partial charge on any atom is 1.00 e. The molecule has 0 aliphatic rings. The van der Waals surface area contributed by atoms with Crippen molar-refractivity contribution in [1.82, 2.24) is 9.13 Å². The Kier molecular flexibility index (Phi) is 14.5. The molecule has 246 valence electrons. The Morgan fingerprint density at radius 2 is 1.06 bits per heavy atom. The summed E-state index contributed by atoms with van der Waals surface area (Å²) in [5.41, 5.74) is 5.16. The Hall–Kier alpha value is -4.05. The maximum atomic E-state index is 14.0. The molecule has 11 nitrogen and oxygen atoms in total. The zero-order chi connectivity index (χ0) is 35.4. The van der Waals surface area contributed by atoms with Crippen LogP contribution in [0.4, 0.5) is 0 Å². The molecule has 0 radical (unpaired) electrons. The summed E-state index contributed by atoms with van der Waals surface area (Å²) in [6.07, 6.45) is 0. The number of aromatic nitrogens is 2. The third-order valence-electron chi connectivity index (χ3n) is 7.70. The second-order valence-corrected chi connectivity index (χ2v) is 11.7. The van der Waals surface area contributed by atoms with E-state index < -0.39 is 21.2 Å². The number of carbonyl (C=O) groups excluding carboxylic acids is 1. The smallest absolute Gasteiger partial charge is 0.338 e. The normalized spacial score (nSPS) is 10.2. The van der Waals surface area contributed by atoms with Crippen molar-refractivity contribution < 1.29 is 89.2 Å². The van der Waals surface area contributed by atoms with Gasteiger partial charge in [0.1, 0.15) is 0 Å². The van der Waals surface area contributed by atoms with E-state index in [1.54, 1.807) is 47.0 Å². The van der Waals surface area contributed by atoms with Crippen molar-refractivity contribution >= 4 is 70.7 Å². The van der Waals surface area contributed by atoms with Crippen molar-refractivity contribution in [3.05, 3.63) is 152 Å². The molecule has 7 rings (SSSR count). The monoisotopic (exact) mass is 738 g/mol. The second-order valence-electron chi connectivity index (χ2n) is 10.9. The average Bonchev–Trinajstić information content (AvgIpc) is 3.07. The second kappa shape index (κ2) is 17.9. The molecule has 15 heteroatoms. The molecule has 0 amide bonds. The van der Waals surface area contributed by atoms with Gasteiger partial charge in [0.2, 0.25) is 0 Å². The maximum absolute atomic E-state index is 14.0. The molecule has 51 heavy (non-hydrogen) atoms. The van der Waals surface area contributed by atoms with Gasteiger partial charge in [0.25, 0.3) is 0 Å². The number of hydrogen-bond donors (Lipinski definition) is 0. The Labute approximate surface area is 338 Å². The molecule has 0 saturated heterocycles. The molecular weight excluding hydrogens is 715 g/mol. The number of carbonyl (C=O) groups is 1. The van der Waals surface area contributed by atoms with E-state index in [0.717, 1.165) is 22.2 Å². The standard InChI is InChI=1S/C36H24N2O3.2Na.2O3S/c1-22-13-15-30-26(17-22)34(39)28-20-33-29(19-32(28)37(30)21-24-9-5-3-6-10-24)35(40)27-18-23(2)14-16-31(27)38(33)36(41)25-11-7-4-8-12-25;;;2*1-4(2)3/h3-9,11,13-20H,21H2,1-2H3;;;;/q-2;2*+1;;. The summed E-state index contributed by atoms with van der Waals surface area (Å²) in [7, 11) is -6.22. The Bertz CT molecular complexity index is 2750. The van der Waals surface area contributed by atoms with Gasteiger partial charge < -0.3 is 13.9 Å². The number of nitrogens with zero attached hydrogens (tertiary/aromatic N) is 2. The molecule has 2 heterocycles. The van der Waals surface area contributed by atoms with E-state index in [1.807, 2.05) is 68.4 Å². The molecule has 0 aliphatic heterocycles. The van der Waals surface area contributed by atoms with Crippen LogP contribution in [0, 0.1) is 26.0 Å². The van der Waals surface area contributed by atoms with Gasteiger partial charge in [-0.3, -0.25) is 9.59 Å². The molecule has 2 aromatic heterocycles. The SMILES string of the molecule is Cc1ccc2c(c1)c(=O)c1cc3c(cc1n2Cc1[c-]cccc1)c(=O)c1cc(C)ccc1n3C(=O)c1[c-]cccc1.O=S(=O)=O.O=S(=O)=O.[Na+].[Na+]. The zero-order valence-corrected chi connectivity index (χ0v) is 33.5. The van der Waals surface area contributed by atoms with Crippen molar-refractivity contribution in [1.29, 1.82) is 0 Å². The number of pyridine rings is 2. The van der Waals surface area contributed by atoms with Crippen molar-refractivity contribution in [3.8, 4) is 0 Å². The molecule has 5 aromatic carbocycles. The molecule has 7 aromatic rings. The first-order valence-corrected chi connectivity index (χ1v) is 16.4. The summed E-state index contributed by atoms with van der Waals surface area (Å²) in [5.74, 6) is -0.320. The number of aryl methyl sites for hydroxylation is 2. The topological polar surface area (TPSA) is 163 Å². The molecule has 0 bridgehead atoms. The van der Waals surface area contributed by atoms with Gasteiger partial charge in [0.05, 0.1) is 22.1 Å². The van der Waals surface area contributed by atoms with Gasteiger partial charge in [-0.25, -0.2) is 0 Å². The van der Waals surface area contributed by atoms with Gasteiger partial charge in [0, 0.05) is 28.1 Å². The summed E-state index contributed by atoms with van der Waals surface area (Å²) in [6, 6.07) is 35.8. The molecule has 0 aliphatic carbocycles. The summed E-state index contributed by atoms with van der Waals surface area (Å²) < 4.78 is 54.3. The minimum absolute atomic E-state index is 0. The summed E-state index contributed by atoms with van der Waals surface area (Å²) in [6.45, 7) is 4.34. The van der Waals surface area contributed by atoms with Gasteiger partial charge in [-0.05, 0) is 50.2 Å². The van der Waals surface area contributed by atoms with E-state index in [1.165, 1.54) is 0 Å². The molecule has 0 N–H and O–H groups in total. The van der Waals surface area contributed by atoms with Gasteiger partial charge in [-0.1, -0.05) is 28.8 Å². The van der Waals surface area contributed by atoms with E-state index in [-0.39, 0.29) is 75.9 Å². The fraction of sp³-hybridized carbons (Fsp3) is 0.0833. The Morgan fingerprint density at radius 1 is 0.588 bits per heavy atom. The third kappa shape index (κ3) is 9.25. The van der Waals surface area contributed by atoms with Crippen LogP contribution in [0.1, 0.15) is 27.0 Å². The minimum Gasteiger partial charge on any atom is -0.338 e. The van der Waals surface area contributed by atoms with Crippen LogP contribution >= 0.6 is 0 Å². The number of rotatable bonds is 3. The van der Waals surface area contributed by atoms with Crippen LogP contribution in [0.25, 0.3) is 43.6 Å². The molecule has 0 spiro atoms. The predicted octanol–water partition coefficient (Wildman–Crippen LogP) is -1.42. The van der Waals surface area contributed by atoms with Gasteiger partial charge >= 0.3 is 80.3 Å². The number of fused-ring (bicyclic) bond motifs is 4. The fourth-order valence-corrected chi connectivity index (χ4v) is 5.73. The number of benzene rings is 5. The van der Waals surface area contributed by atoms with Crippen LogP contribution < -0.4 is 70.0 Å². The van der Waals surface area contributed by atoms with E-state index >= 15 is 0 Å². The van der Waals surface area contributed by atoms with Crippen LogP contribution in [0.2, 0.25) is 0 Å². The first kappa shape index (κ1) is 41.4. The van der Waals surface area contributed by atoms with Gasteiger partial charge in [-0.15, -0.1) is 61.1 Å². The van der Waals surface area contributed by atoms with E-state index in [4.69, 9.17) is 25.3 Å². The molecular formula is C36H24N2Na2O9S2. The third-order valence-corrected chi connectivity index (χ3v) is 7.70. The largest absolute Gasteiger partial charge is 1.00 e. The van der Waals surface area contributed by atoms with Crippen LogP contribution in [-0.4, -0.2) is 40.3 Å². The van der Waals surface area contributed by atoms with Crippen LogP contribution in [0.15, 0.2) is 107 Å². The Balaban J connectivity index is 0.000000640. The first-order valence-electron chi connectivity index (χ1n) is 14.4. The number of hydrogen-bond acceptors (Lipinski definition) is 9. The summed E-state index contributed by atoms with van der Waals surface area (Å²) in [4.78, 5) is 42.1. The quantitative estimate of drug-likeness (QED) is 0.120. The van der Waals surface area contributed by atoms with E-state index in [0.29, 0.717) is 50.2 Å². The van der Waals surface area contributed by atoms with Crippen LogP contribution in [0.3, 0.4) is 0 Å². The average molecular weight is 739 g/mol. The summed E-state index contributed by atoms with van der Waals surface area (Å²) in [5, 5.41) is 1.84. The van der Waals surface area contributed by atoms with Crippen molar-refractivity contribution in [3.63, 3.8) is 0 Å². The minimum atomic E-state index is -3.11. The summed E-state index contributed by atoms with van der Waals surface area (Å²) >= 11 is 0. The fourth-order valence-electron chi connectivity index (χ4n) is 5.73. The Morgan fingerprint density at radius 3 is 1.59 bits per heavy atom. The molecule has 0 saturated carbocycles. The van der Waals surface area contributed by atoms with Crippen molar-refractivity contribution in [2.24, 2.45) is 0 Å². The molecule has 0 fully saturated rings. The van der Waals surface area contributed by atoms with Gasteiger partial charge in [0.15, 0.2) is 16.8 Å². The van der Waals surface area contributed by atoms with Crippen molar-refractivity contribution in [2.75, 3.05) is 0 Å². The zero-order valence-electron chi connectivity index (χ0n) is 27.8.